The zero-order valence-electron chi connectivity index (χ0n) is 15.5. The lowest BCUT2D eigenvalue weighted by Gasteiger charge is -2.16. The standard InChI is InChI=1S/C21H23N3O2/c1-14-6-5-7-16(10-14)15(2)23-21-13-22-12-18(24-21)17-8-9-19(25-3)20(11-17)26-4/h5-13,15H,1-4H3,(H,23,24)/t15-/m0/s1. The first kappa shape index (κ1) is 17.7. The molecule has 0 unspecified atom stereocenters. The summed E-state index contributed by atoms with van der Waals surface area (Å²) in [5.41, 5.74) is 4.14. The highest BCUT2D eigenvalue weighted by molar-refractivity contribution is 5.64. The van der Waals surface area contributed by atoms with Crippen molar-refractivity contribution < 1.29 is 9.47 Å². The fraction of sp³-hybridized carbons (Fsp3) is 0.238. The number of benzene rings is 2. The summed E-state index contributed by atoms with van der Waals surface area (Å²) in [6.07, 6.45) is 3.47. The molecule has 0 aliphatic heterocycles. The number of hydrogen-bond donors (Lipinski definition) is 1. The van der Waals surface area contributed by atoms with Gasteiger partial charge in [-0.25, -0.2) is 4.98 Å². The molecule has 1 atom stereocenters. The molecule has 5 heteroatoms. The zero-order valence-corrected chi connectivity index (χ0v) is 15.5. The number of aryl methyl sites for hydroxylation is 1. The summed E-state index contributed by atoms with van der Waals surface area (Å²) in [7, 11) is 3.24. The van der Waals surface area contributed by atoms with Gasteiger partial charge in [0.1, 0.15) is 5.82 Å². The van der Waals surface area contributed by atoms with Crippen LogP contribution in [0.3, 0.4) is 0 Å². The third-order valence-corrected chi connectivity index (χ3v) is 4.22. The van der Waals surface area contributed by atoms with Gasteiger partial charge in [0.25, 0.3) is 0 Å². The van der Waals surface area contributed by atoms with Crippen molar-refractivity contribution in [2.45, 2.75) is 19.9 Å². The minimum Gasteiger partial charge on any atom is -0.493 e. The predicted molar refractivity (Wildman–Crippen MR) is 104 cm³/mol. The van der Waals surface area contributed by atoms with Gasteiger partial charge in [-0.1, -0.05) is 29.8 Å². The molecule has 5 nitrogen and oxygen atoms in total. The third kappa shape index (κ3) is 3.94. The van der Waals surface area contributed by atoms with Gasteiger partial charge < -0.3 is 14.8 Å². The van der Waals surface area contributed by atoms with Gasteiger partial charge in [0.2, 0.25) is 0 Å². The number of nitrogens with zero attached hydrogens (tertiary/aromatic N) is 2. The largest absolute Gasteiger partial charge is 0.493 e. The minimum absolute atomic E-state index is 0.129. The van der Waals surface area contributed by atoms with Gasteiger partial charge in [0.15, 0.2) is 11.5 Å². The lowest BCUT2D eigenvalue weighted by molar-refractivity contribution is 0.355. The van der Waals surface area contributed by atoms with Crippen LogP contribution in [0, 0.1) is 6.92 Å². The van der Waals surface area contributed by atoms with Crippen LogP contribution in [0.2, 0.25) is 0 Å². The van der Waals surface area contributed by atoms with E-state index in [2.05, 4.69) is 48.4 Å². The first-order valence-corrected chi connectivity index (χ1v) is 8.48. The second kappa shape index (κ2) is 7.87. The second-order valence-corrected chi connectivity index (χ2v) is 6.14. The van der Waals surface area contributed by atoms with E-state index in [1.807, 2.05) is 18.2 Å². The number of methoxy groups -OCH3 is 2. The van der Waals surface area contributed by atoms with Crippen molar-refractivity contribution in [3.63, 3.8) is 0 Å². The quantitative estimate of drug-likeness (QED) is 0.702. The smallest absolute Gasteiger partial charge is 0.161 e. The average molecular weight is 349 g/mol. The van der Waals surface area contributed by atoms with E-state index < -0.39 is 0 Å². The molecule has 1 aromatic heterocycles. The Labute approximate surface area is 154 Å². The number of aromatic nitrogens is 2. The van der Waals surface area contributed by atoms with Crippen LogP contribution in [0.25, 0.3) is 11.3 Å². The van der Waals surface area contributed by atoms with Crippen LogP contribution in [0.15, 0.2) is 54.9 Å². The first-order chi connectivity index (χ1) is 12.6. The van der Waals surface area contributed by atoms with Gasteiger partial charge in [-0.05, 0) is 37.6 Å². The van der Waals surface area contributed by atoms with Crippen LogP contribution < -0.4 is 14.8 Å². The number of nitrogens with one attached hydrogen (secondary N) is 1. The highest BCUT2D eigenvalue weighted by atomic mass is 16.5. The molecule has 0 aliphatic carbocycles. The molecule has 3 rings (SSSR count). The Kier molecular flexibility index (Phi) is 5.37. The van der Waals surface area contributed by atoms with Gasteiger partial charge in [-0.15, -0.1) is 0 Å². The number of hydrogen-bond acceptors (Lipinski definition) is 5. The Morgan fingerprint density at radius 2 is 1.77 bits per heavy atom. The molecular formula is C21H23N3O2. The highest BCUT2D eigenvalue weighted by Crippen LogP contribution is 2.31. The Bertz CT molecular complexity index is 896. The maximum absolute atomic E-state index is 5.37. The monoisotopic (exact) mass is 349 g/mol. The van der Waals surface area contributed by atoms with E-state index in [0.29, 0.717) is 11.5 Å². The SMILES string of the molecule is COc1ccc(-c2cncc(N[C@@H](C)c3cccc(C)c3)n2)cc1OC. The molecule has 2 aromatic carbocycles. The Hall–Kier alpha value is -3.08. The molecular weight excluding hydrogens is 326 g/mol. The number of anilines is 1. The van der Waals surface area contributed by atoms with Crippen LogP contribution in [-0.2, 0) is 0 Å². The van der Waals surface area contributed by atoms with Crippen molar-refractivity contribution in [2.75, 3.05) is 19.5 Å². The Balaban J connectivity index is 1.84. The van der Waals surface area contributed by atoms with Gasteiger partial charge in [-0.2, -0.15) is 0 Å². The highest BCUT2D eigenvalue weighted by Gasteiger charge is 2.10. The van der Waals surface area contributed by atoms with Crippen LogP contribution in [0.4, 0.5) is 5.82 Å². The van der Waals surface area contributed by atoms with Crippen LogP contribution in [0.5, 0.6) is 11.5 Å². The van der Waals surface area contributed by atoms with Crippen LogP contribution >= 0.6 is 0 Å². The summed E-state index contributed by atoms with van der Waals surface area (Å²) < 4.78 is 10.7. The summed E-state index contributed by atoms with van der Waals surface area (Å²) in [6, 6.07) is 14.3. The van der Waals surface area contributed by atoms with E-state index in [0.717, 1.165) is 17.1 Å². The van der Waals surface area contributed by atoms with Gasteiger partial charge in [0, 0.05) is 5.56 Å². The molecule has 1 N–H and O–H groups in total. The van der Waals surface area contributed by atoms with Crippen molar-refractivity contribution in [3.05, 3.63) is 66.0 Å². The molecule has 0 aliphatic rings. The summed E-state index contributed by atoms with van der Waals surface area (Å²) >= 11 is 0. The fourth-order valence-corrected chi connectivity index (χ4v) is 2.81. The summed E-state index contributed by atoms with van der Waals surface area (Å²) in [6.45, 7) is 4.20. The molecule has 0 bridgehead atoms. The third-order valence-electron chi connectivity index (χ3n) is 4.22. The molecule has 1 heterocycles. The average Bonchev–Trinajstić information content (AvgIpc) is 2.67. The van der Waals surface area contributed by atoms with Crippen molar-refractivity contribution in [3.8, 4) is 22.8 Å². The molecule has 0 saturated carbocycles. The molecule has 3 aromatic rings. The molecule has 134 valence electrons. The van der Waals surface area contributed by atoms with E-state index >= 15 is 0 Å². The summed E-state index contributed by atoms with van der Waals surface area (Å²) in [5.74, 6) is 2.08. The van der Waals surface area contributed by atoms with Crippen molar-refractivity contribution in [1.82, 2.24) is 9.97 Å². The maximum atomic E-state index is 5.37. The molecule has 26 heavy (non-hydrogen) atoms. The van der Waals surface area contributed by atoms with E-state index in [4.69, 9.17) is 14.5 Å². The lowest BCUT2D eigenvalue weighted by atomic mass is 10.1. The number of ether oxygens (including phenoxy) is 2. The second-order valence-electron chi connectivity index (χ2n) is 6.14. The lowest BCUT2D eigenvalue weighted by Crippen LogP contribution is -2.08. The maximum Gasteiger partial charge on any atom is 0.161 e. The van der Waals surface area contributed by atoms with Crippen molar-refractivity contribution in [1.29, 1.82) is 0 Å². The minimum atomic E-state index is 0.129. The topological polar surface area (TPSA) is 56.3 Å². The summed E-state index contributed by atoms with van der Waals surface area (Å²) in [4.78, 5) is 9.02. The molecule has 0 spiro atoms. The normalized spacial score (nSPS) is 11.7. The Morgan fingerprint density at radius 1 is 0.962 bits per heavy atom. The van der Waals surface area contributed by atoms with Crippen LogP contribution in [0.1, 0.15) is 24.1 Å². The zero-order chi connectivity index (χ0) is 18.5. The fourth-order valence-electron chi connectivity index (χ4n) is 2.81. The van der Waals surface area contributed by atoms with E-state index in [-0.39, 0.29) is 6.04 Å². The molecule has 0 amide bonds. The summed E-state index contributed by atoms with van der Waals surface area (Å²) in [5, 5.41) is 3.42. The van der Waals surface area contributed by atoms with Gasteiger partial charge in [-0.3, -0.25) is 4.98 Å². The molecule has 0 fully saturated rings. The van der Waals surface area contributed by atoms with E-state index in [1.165, 1.54) is 11.1 Å². The van der Waals surface area contributed by atoms with Gasteiger partial charge in [0.05, 0.1) is 38.3 Å². The molecule has 0 radical (unpaired) electrons. The van der Waals surface area contributed by atoms with Crippen LogP contribution in [-0.4, -0.2) is 24.2 Å². The van der Waals surface area contributed by atoms with Crippen molar-refractivity contribution in [2.24, 2.45) is 0 Å². The van der Waals surface area contributed by atoms with Gasteiger partial charge >= 0.3 is 0 Å². The Morgan fingerprint density at radius 3 is 2.50 bits per heavy atom. The predicted octanol–water partition coefficient (Wildman–Crippen LogP) is 4.64. The van der Waals surface area contributed by atoms with E-state index in [1.54, 1.807) is 26.6 Å². The number of rotatable bonds is 6. The van der Waals surface area contributed by atoms with Crippen molar-refractivity contribution >= 4 is 5.82 Å². The molecule has 0 saturated heterocycles. The first-order valence-electron chi connectivity index (χ1n) is 8.48. The van der Waals surface area contributed by atoms with E-state index in [9.17, 15) is 0 Å².